The fourth-order valence-corrected chi connectivity index (χ4v) is 4.60. The highest BCUT2D eigenvalue weighted by atomic mass is 19.1. The molecule has 1 amide bonds. The number of benzene rings is 1. The molecule has 1 aliphatic rings. The number of carbonyl (C=O) groups is 1. The van der Waals surface area contributed by atoms with Gasteiger partial charge in [-0.2, -0.15) is 0 Å². The first-order valence-electron chi connectivity index (χ1n) is 11.0. The normalized spacial score (nSPS) is 18.8. The quantitative estimate of drug-likeness (QED) is 0.500. The van der Waals surface area contributed by atoms with E-state index in [1.807, 2.05) is 19.9 Å². The summed E-state index contributed by atoms with van der Waals surface area (Å²) < 4.78 is 16.2. The number of imidazole rings is 1. The Balaban J connectivity index is 1.51. The van der Waals surface area contributed by atoms with Gasteiger partial charge in [-0.15, -0.1) is 0 Å². The topological polar surface area (TPSA) is 87.5 Å². The first-order chi connectivity index (χ1) is 15.8. The van der Waals surface area contributed by atoms with Crippen molar-refractivity contribution in [1.29, 1.82) is 0 Å². The zero-order chi connectivity index (χ0) is 23.3. The SMILES string of the molecule is Cc1nc2c(F)cc(NC(=O)c3ccc(N4C[C@H](C)N[C@@H](C)C4)c4nccnc34)cn2c1C. The van der Waals surface area contributed by atoms with Gasteiger partial charge in [-0.3, -0.25) is 19.2 Å². The van der Waals surface area contributed by atoms with Crippen molar-refractivity contribution < 1.29 is 9.18 Å². The van der Waals surface area contributed by atoms with E-state index in [0.717, 1.165) is 30.2 Å². The molecule has 0 aliphatic carbocycles. The molecule has 0 unspecified atom stereocenters. The minimum absolute atomic E-state index is 0.239. The number of piperazine rings is 1. The maximum Gasteiger partial charge on any atom is 0.257 e. The largest absolute Gasteiger partial charge is 0.367 e. The van der Waals surface area contributed by atoms with Crippen LogP contribution in [0.4, 0.5) is 15.8 Å². The van der Waals surface area contributed by atoms with Crippen LogP contribution in [0.3, 0.4) is 0 Å². The summed E-state index contributed by atoms with van der Waals surface area (Å²) in [5, 5.41) is 6.34. The molecular weight excluding hydrogens is 421 g/mol. The molecule has 4 heterocycles. The number of halogens is 1. The summed E-state index contributed by atoms with van der Waals surface area (Å²) in [6.07, 6.45) is 4.89. The first kappa shape index (κ1) is 21.3. The van der Waals surface area contributed by atoms with Gasteiger partial charge in [0.1, 0.15) is 11.0 Å². The fourth-order valence-electron chi connectivity index (χ4n) is 4.60. The van der Waals surface area contributed by atoms with Crippen LogP contribution in [0.15, 0.2) is 36.8 Å². The van der Waals surface area contributed by atoms with Crippen LogP contribution in [0, 0.1) is 19.7 Å². The molecule has 2 atom stereocenters. The molecule has 2 N–H and O–H groups in total. The van der Waals surface area contributed by atoms with E-state index in [9.17, 15) is 9.18 Å². The molecule has 1 aromatic carbocycles. The fraction of sp³-hybridized carbons (Fsp3) is 0.333. The predicted molar refractivity (Wildman–Crippen MR) is 126 cm³/mol. The molecular formula is C24H26FN7O. The van der Waals surface area contributed by atoms with Crippen LogP contribution in [0.1, 0.15) is 35.6 Å². The lowest BCUT2D eigenvalue weighted by atomic mass is 10.1. The zero-order valence-electron chi connectivity index (χ0n) is 19.1. The van der Waals surface area contributed by atoms with Crippen LogP contribution in [-0.4, -0.2) is 50.4 Å². The van der Waals surface area contributed by atoms with Gasteiger partial charge in [-0.25, -0.2) is 9.37 Å². The average molecular weight is 448 g/mol. The summed E-state index contributed by atoms with van der Waals surface area (Å²) in [4.78, 5) is 28.7. The highest BCUT2D eigenvalue weighted by Gasteiger charge is 2.24. The van der Waals surface area contributed by atoms with E-state index in [1.165, 1.54) is 6.07 Å². The van der Waals surface area contributed by atoms with Crippen molar-refractivity contribution in [3.05, 3.63) is 59.6 Å². The molecule has 5 rings (SSSR count). The monoisotopic (exact) mass is 447 g/mol. The van der Waals surface area contributed by atoms with Crippen molar-refractivity contribution in [2.24, 2.45) is 0 Å². The van der Waals surface area contributed by atoms with Crippen LogP contribution in [0.25, 0.3) is 16.7 Å². The lowest BCUT2D eigenvalue weighted by Gasteiger charge is -2.38. The Morgan fingerprint density at radius 2 is 1.82 bits per heavy atom. The van der Waals surface area contributed by atoms with Gasteiger partial charge >= 0.3 is 0 Å². The van der Waals surface area contributed by atoms with Crippen LogP contribution in [-0.2, 0) is 0 Å². The predicted octanol–water partition coefficient (Wildman–Crippen LogP) is 3.47. The molecule has 8 nitrogen and oxygen atoms in total. The van der Waals surface area contributed by atoms with Gasteiger partial charge < -0.3 is 15.5 Å². The number of nitrogens with zero attached hydrogens (tertiary/aromatic N) is 5. The van der Waals surface area contributed by atoms with Crippen LogP contribution >= 0.6 is 0 Å². The Bertz CT molecular complexity index is 1370. The number of rotatable bonds is 3. The Labute approximate surface area is 190 Å². The highest BCUT2D eigenvalue weighted by molar-refractivity contribution is 6.13. The van der Waals surface area contributed by atoms with E-state index in [-0.39, 0.29) is 11.6 Å². The summed E-state index contributed by atoms with van der Waals surface area (Å²) in [5.74, 6) is -0.867. The van der Waals surface area contributed by atoms with E-state index < -0.39 is 5.82 Å². The molecule has 0 spiro atoms. The van der Waals surface area contributed by atoms with Gasteiger partial charge in [-0.05, 0) is 39.8 Å². The van der Waals surface area contributed by atoms with Crippen LogP contribution in [0.2, 0.25) is 0 Å². The van der Waals surface area contributed by atoms with Crippen molar-refractivity contribution in [3.8, 4) is 0 Å². The van der Waals surface area contributed by atoms with Crippen molar-refractivity contribution in [3.63, 3.8) is 0 Å². The maximum absolute atomic E-state index is 14.6. The van der Waals surface area contributed by atoms with Crippen LogP contribution < -0.4 is 15.5 Å². The number of nitrogens with one attached hydrogen (secondary N) is 2. The minimum atomic E-state index is -0.494. The number of aromatic nitrogens is 4. The number of amides is 1. The number of anilines is 2. The second-order valence-corrected chi connectivity index (χ2v) is 8.77. The Morgan fingerprint density at radius 3 is 2.55 bits per heavy atom. The minimum Gasteiger partial charge on any atom is -0.367 e. The summed E-state index contributed by atoms with van der Waals surface area (Å²) >= 11 is 0. The average Bonchev–Trinajstić information content (AvgIpc) is 3.06. The van der Waals surface area contributed by atoms with Crippen molar-refractivity contribution >= 4 is 34.0 Å². The molecule has 3 aromatic heterocycles. The lowest BCUT2D eigenvalue weighted by Crippen LogP contribution is -2.54. The number of pyridine rings is 1. The standard InChI is InChI=1S/C24H26FN7O/c1-13-10-31(11-14(2)28-13)20-6-5-18(21-22(20)27-8-7-26-21)24(33)30-17-9-19(25)23-29-15(3)16(4)32(23)12-17/h5-9,12-14,28H,10-11H2,1-4H3,(H,30,33)/t13-,14-/m0/s1. The summed E-state index contributed by atoms with van der Waals surface area (Å²) in [6.45, 7) is 9.66. The molecule has 0 bridgehead atoms. The van der Waals surface area contributed by atoms with Gasteiger partial charge in [0, 0.05) is 55.5 Å². The number of hydrogen-bond acceptors (Lipinski definition) is 6. The third-order valence-corrected chi connectivity index (χ3v) is 6.16. The molecule has 4 aromatic rings. The van der Waals surface area contributed by atoms with Gasteiger partial charge in [0.15, 0.2) is 11.5 Å². The Morgan fingerprint density at radius 1 is 1.12 bits per heavy atom. The Kier molecular flexibility index (Phi) is 5.20. The molecule has 0 saturated carbocycles. The molecule has 1 aliphatic heterocycles. The summed E-state index contributed by atoms with van der Waals surface area (Å²) in [6, 6.07) is 5.64. The van der Waals surface area contributed by atoms with E-state index in [0.29, 0.717) is 34.4 Å². The molecule has 1 fully saturated rings. The van der Waals surface area contributed by atoms with E-state index >= 15 is 0 Å². The van der Waals surface area contributed by atoms with Gasteiger partial charge in [0.05, 0.1) is 22.6 Å². The van der Waals surface area contributed by atoms with Gasteiger partial charge in [0.25, 0.3) is 5.91 Å². The number of hydrogen-bond donors (Lipinski definition) is 2. The van der Waals surface area contributed by atoms with Crippen molar-refractivity contribution in [2.75, 3.05) is 23.3 Å². The Hall–Kier alpha value is -3.59. The summed E-state index contributed by atoms with van der Waals surface area (Å²) in [5.41, 5.74) is 4.67. The smallest absolute Gasteiger partial charge is 0.257 e. The van der Waals surface area contributed by atoms with E-state index in [4.69, 9.17) is 0 Å². The molecule has 33 heavy (non-hydrogen) atoms. The molecule has 170 valence electrons. The summed E-state index contributed by atoms with van der Waals surface area (Å²) in [7, 11) is 0. The lowest BCUT2D eigenvalue weighted by molar-refractivity contribution is 0.102. The van der Waals surface area contributed by atoms with Gasteiger partial charge in [0.2, 0.25) is 0 Å². The maximum atomic E-state index is 14.6. The van der Waals surface area contributed by atoms with Crippen molar-refractivity contribution in [2.45, 2.75) is 39.8 Å². The second kappa shape index (κ2) is 8.08. The first-order valence-corrected chi connectivity index (χ1v) is 11.0. The number of aryl methyl sites for hydroxylation is 2. The van der Waals surface area contributed by atoms with Crippen LogP contribution in [0.5, 0.6) is 0 Å². The second-order valence-electron chi connectivity index (χ2n) is 8.77. The van der Waals surface area contributed by atoms with E-state index in [1.54, 1.807) is 29.1 Å². The number of fused-ring (bicyclic) bond motifs is 2. The molecule has 1 saturated heterocycles. The zero-order valence-corrected chi connectivity index (χ0v) is 19.1. The third kappa shape index (κ3) is 3.78. The van der Waals surface area contributed by atoms with Crippen molar-refractivity contribution in [1.82, 2.24) is 24.7 Å². The van der Waals surface area contributed by atoms with E-state index in [2.05, 4.69) is 44.3 Å². The van der Waals surface area contributed by atoms with Gasteiger partial charge in [-0.1, -0.05) is 0 Å². The number of carbonyl (C=O) groups excluding carboxylic acids is 1. The molecule has 0 radical (unpaired) electrons. The third-order valence-electron chi connectivity index (χ3n) is 6.16. The highest BCUT2D eigenvalue weighted by Crippen LogP contribution is 2.29. The molecule has 9 heteroatoms.